The van der Waals surface area contributed by atoms with E-state index in [0.29, 0.717) is 12.5 Å². The van der Waals surface area contributed by atoms with E-state index in [0.717, 1.165) is 12.3 Å². The van der Waals surface area contributed by atoms with E-state index in [9.17, 15) is 13.2 Å². The van der Waals surface area contributed by atoms with E-state index in [1.165, 1.54) is 19.3 Å². The molecule has 0 bridgehead atoms. The standard InChI is InChI=1S/C13H24F3N/c1-3-12(9-11-6-7-11)17-10(2)5-4-8-13(14,15)16/h10-12,17H,3-9H2,1-2H3. The van der Waals surface area contributed by atoms with E-state index in [2.05, 4.69) is 12.2 Å². The molecule has 0 aliphatic heterocycles. The Bertz CT molecular complexity index is 211. The molecule has 1 fully saturated rings. The number of alkyl halides is 3. The van der Waals surface area contributed by atoms with Crippen molar-refractivity contribution in [3.8, 4) is 0 Å². The minimum atomic E-state index is -4.00. The Morgan fingerprint density at radius 2 is 1.94 bits per heavy atom. The van der Waals surface area contributed by atoms with Gasteiger partial charge in [0.25, 0.3) is 0 Å². The van der Waals surface area contributed by atoms with E-state index in [4.69, 9.17) is 0 Å². The van der Waals surface area contributed by atoms with Crippen LogP contribution in [0.3, 0.4) is 0 Å². The summed E-state index contributed by atoms with van der Waals surface area (Å²) in [6.45, 7) is 4.13. The van der Waals surface area contributed by atoms with Gasteiger partial charge in [-0.3, -0.25) is 0 Å². The van der Waals surface area contributed by atoms with Crippen molar-refractivity contribution in [1.82, 2.24) is 5.32 Å². The first-order valence-corrected chi connectivity index (χ1v) is 6.73. The van der Waals surface area contributed by atoms with Crippen LogP contribution in [0.15, 0.2) is 0 Å². The highest BCUT2D eigenvalue weighted by Crippen LogP contribution is 2.34. The number of hydrogen-bond donors (Lipinski definition) is 1. The highest BCUT2D eigenvalue weighted by Gasteiger charge is 2.27. The summed E-state index contributed by atoms with van der Waals surface area (Å²) in [6, 6.07) is 0.685. The molecule has 0 saturated heterocycles. The summed E-state index contributed by atoms with van der Waals surface area (Å²) in [5.41, 5.74) is 0. The molecule has 0 amide bonds. The van der Waals surface area contributed by atoms with Crippen LogP contribution in [-0.4, -0.2) is 18.3 Å². The molecule has 1 rings (SSSR count). The predicted molar refractivity (Wildman–Crippen MR) is 63.9 cm³/mol. The highest BCUT2D eigenvalue weighted by molar-refractivity contribution is 4.81. The molecule has 102 valence electrons. The first-order valence-electron chi connectivity index (χ1n) is 6.73. The van der Waals surface area contributed by atoms with Crippen LogP contribution in [0.4, 0.5) is 13.2 Å². The predicted octanol–water partition coefficient (Wildman–Crippen LogP) is 4.28. The van der Waals surface area contributed by atoms with Crippen LogP contribution in [0.1, 0.15) is 58.8 Å². The van der Waals surface area contributed by atoms with Crippen LogP contribution < -0.4 is 5.32 Å². The molecular formula is C13H24F3N. The fourth-order valence-corrected chi connectivity index (χ4v) is 2.20. The normalized spacial score (nSPS) is 20.3. The van der Waals surface area contributed by atoms with Crippen LogP contribution in [0.5, 0.6) is 0 Å². The van der Waals surface area contributed by atoms with E-state index in [1.807, 2.05) is 6.92 Å². The number of hydrogen-bond acceptors (Lipinski definition) is 1. The van der Waals surface area contributed by atoms with E-state index in [-0.39, 0.29) is 12.5 Å². The number of halogens is 3. The molecule has 2 atom stereocenters. The second-order valence-electron chi connectivity index (χ2n) is 5.36. The van der Waals surface area contributed by atoms with Crippen molar-refractivity contribution in [2.45, 2.75) is 77.1 Å². The van der Waals surface area contributed by atoms with Crippen molar-refractivity contribution in [1.29, 1.82) is 0 Å². The summed E-state index contributed by atoms with van der Waals surface area (Å²) in [6.07, 6.45) is 1.12. The first kappa shape index (κ1) is 14.8. The van der Waals surface area contributed by atoms with Gasteiger partial charge in [-0.25, -0.2) is 0 Å². The van der Waals surface area contributed by atoms with E-state index in [1.54, 1.807) is 0 Å². The van der Waals surface area contributed by atoms with Gasteiger partial charge in [-0.2, -0.15) is 13.2 Å². The maximum absolute atomic E-state index is 12.0. The summed E-state index contributed by atoms with van der Waals surface area (Å²) in [5, 5.41) is 3.46. The van der Waals surface area contributed by atoms with Crippen molar-refractivity contribution >= 4 is 0 Å². The molecular weight excluding hydrogens is 227 g/mol. The molecule has 4 heteroatoms. The summed E-state index contributed by atoms with van der Waals surface area (Å²) in [5.74, 6) is 0.870. The lowest BCUT2D eigenvalue weighted by atomic mass is 10.0. The maximum Gasteiger partial charge on any atom is 0.389 e. The van der Waals surface area contributed by atoms with Crippen molar-refractivity contribution < 1.29 is 13.2 Å². The topological polar surface area (TPSA) is 12.0 Å². The second-order valence-corrected chi connectivity index (χ2v) is 5.36. The van der Waals surface area contributed by atoms with Crippen molar-refractivity contribution in [2.24, 2.45) is 5.92 Å². The molecule has 0 aromatic carbocycles. The molecule has 0 heterocycles. The van der Waals surface area contributed by atoms with Crippen molar-refractivity contribution in [3.05, 3.63) is 0 Å². The molecule has 1 nitrogen and oxygen atoms in total. The zero-order valence-electron chi connectivity index (χ0n) is 10.8. The second kappa shape index (κ2) is 6.62. The van der Waals surface area contributed by atoms with Crippen molar-refractivity contribution in [2.75, 3.05) is 0 Å². The van der Waals surface area contributed by atoms with Crippen LogP contribution >= 0.6 is 0 Å². The quantitative estimate of drug-likeness (QED) is 0.679. The molecule has 1 saturated carbocycles. The van der Waals surface area contributed by atoms with Gasteiger partial charge in [-0.1, -0.05) is 19.8 Å². The molecule has 0 spiro atoms. The van der Waals surface area contributed by atoms with Gasteiger partial charge in [0.1, 0.15) is 0 Å². The van der Waals surface area contributed by atoms with Crippen LogP contribution in [0.2, 0.25) is 0 Å². The summed E-state index contributed by atoms with van der Waals surface area (Å²) < 4.78 is 36.0. The Hall–Kier alpha value is -0.250. The van der Waals surface area contributed by atoms with Gasteiger partial charge in [-0.15, -0.1) is 0 Å². The van der Waals surface area contributed by atoms with Gasteiger partial charge in [0.05, 0.1) is 0 Å². The fourth-order valence-electron chi connectivity index (χ4n) is 2.20. The monoisotopic (exact) mass is 251 g/mol. The molecule has 0 aromatic heterocycles. The molecule has 0 radical (unpaired) electrons. The van der Waals surface area contributed by atoms with Gasteiger partial charge >= 0.3 is 6.18 Å². The zero-order chi connectivity index (χ0) is 12.9. The Morgan fingerprint density at radius 1 is 1.29 bits per heavy atom. The Kier molecular flexibility index (Phi) is 5.77. The molecule has 1 aliphatic rings. The lowest BCUT2D eigenvalue weighted by Crippen LogP contribution is -2.36. The maximum atomic E-state index is 12.0. The lowest BCUT2D eigenvalue weighted by molar-refractivity contribution is -0.135. The minimum absolute atomic E-state index is 0.195. The average Bonchev–Trinajstić information content (AvgIpc) is 2.98. The van der Waals surface area contributed by atoms with Gasteiger partial charge < -0.3 is 5.32 Å². The summed E-state index contributed by atoms with van der Waals surface area (Å²) in [4.78, 5) is 0. The SMILES string of the molecule is CCC(CC1CC1)NC(C)CCCC(F)(F)F. The third-order valence-electron chi connectivity index (χ3n) is 3.43. The van der Waals surface area contributed by atoms with Gasteiger partial charge in [0.15, 0.2) is 0 Å². The van der Waals surface area contributed by atoms with Crippen LogP contribution in [-0.2, 0) is 0 Å². The molecule has 2 unspecified atom stereocenters. The van der Waals surface area contributed by atoms with Crippen LogP contribution in [0.25, 0.3) is 0 Å². The number of rotatable bonds is 8. The number of nitrogens with one attached hydrogen (secondary N) is 1. The Balaban J connectivity index is 2.11. The van der Waals surface area contributed by atoms with Crippen LogP contribution in [0, 0.1) is 5.92 Å². The summed E-state index contributed by atoms with van der Waals surface area (Å²) in [7, 11) is 0. The third kappa shape index (κ3) is 7.63. The fraction of sp³-hybridized carbons (Fsp3) is 1.00. The van der Waals surface area contributed by atoms with E-state index < -0.39 is 12.6 Å². The molecule has 1 aliphatic carbocycles. The zero-order valence-corrected chi connectivity index (χ0v) is 10.8. The molecule has 1 N–H and O–H groups in total. The largest absolute Gasteiger partial charge is 0.389 e. The highest BCUT2D eigenvalue weighted by atomic mass is 19.4. The third-order valence-corrected chi connectivity index (χ3v) is 3.43. The van der Waals surface area contributed by atoms with Gasteiger partial charge in [-0.05, 0) is 38.5 Å². The van der Waals surface area contributed by atoms with Gasteiger partial charge in [0, 0.05) is 18.5 Å². The minimum Gasteiger partial charge on any atom is -0.312 e. The van der Waals surface area contributed by atoms with Crippen molar-refractivity contribution in [3.63, 3.8) is 0 Å². The summed E-state index contributed by atoms with van der Waals surface area (Å²) >= 11 is 0. The van der Waals surface area contributed by atoms with Gasteiger partial charge in [0.2, 0.25) is 0 Å². The Labute approximate surface area is 102 Å². The molecule has 0 aromatic rings. The smallest absolute Gasteiger partial charge is 0.312 e. The Morgan fingerprint density at radius 3 is 2.41 bits per heavy atom. The van der Waals surface area contributed by atoms with E-state index >= 15 is 0 Å². The average molecular weight is 251 g/mol. The lowest BCUT2D eigenvalue weighted by Gasteiger charge is -2.22. The first-order chi connectivity index (χ1) is 7.90. The molecule has 17 heavy (non-hydrogen) atoms.